The summed E-state index contributed by atoms with van der Waals surface area (Å²) in [6, 6.07) is 0.771. The van der Waals surface area contributed by atoms with Crippen LogP contribution in [0.4, 0.5) is 0 Å². The third-order valence-corrected chi connectivity index (χ3v) is 6.03. The van der Waals surface area contributed by atoms with Crippen molar-refractivity contribution in [2.75, 3.05) is 19.5 Å². The van der Waals surface area contributed by atoms with Crippen LogP contribution in [0.2, 0.25) is 12.6 Å². The largest absolute Gasteiger partial charge is 0.394 e. The Bertz CT molecular complexity index is 318. The molecule has 0 saturated carbocycles. The fourth-order valence-electron chi connectivity index (χ4n) is 1.69. The third-order valence-electron chi connectivity index (χ3n) is 2.45. The van der Waals surface area contributed by atoms with Gasteiger partial charge in [-0.2, -0.15) is 8.42 Å². The van der Waals surface area contributed by atoms with E-state index in [4.69, 9.17) is 8.85 Å². The van der Waals surface area contributed by atoms with E-state index in [2.05, 4.69) is 4.18 Å². The molecule has 2 atom stereocenters. The average Bonchev–Trinajstić information content (AvgIpc) is 2.11. The first-order valence-electron chi connectivity index (χ1n) is 5.47. The van der Waals surface area contributed by atoms with Crippen molar-refractivity contribution >= 4 is 18.7 Å². The van der Waals surface area contributed by atoms with Crippen molar-refractivity contribution in [1.29, 1.82) is 0 Å². The molecule has 7 heteroatoms. The van der Waals surface area contributed by atoms with Crippen molar-refractivity contribution in [1.82, 2.24) is 0 Å². The van der Waals surface area contributed by atoms with E-state index in [1.807, 2.05) is 13.5 Å². The van der Waals surface area contributed by atoms with Gasteiger partial charge in [-0.15, -0.1) is 0 Å². The van der Waals surface area contributed by atoms with E-state index >= 15 is 0 Å². The van der Waals surface area contributed by atoms with Gasteiger partial charge in [-0.3, -0.25) is 4.18 Å². The molecule has 1 heterocycles. The molecule has 2 unspecified atom stereocenters. The van der Waals surface area contributed by atoms with Crippen LogP contribution in [0.1, 0.15) is 19.8 Å². The second-order valence-corrected chi connectivity index (χ2v) is 9.27. The van der Waals surface area contributed by atoms with Gasteiger partial charge in [0.05, 0.1) is 12.9 Å². The summed E-state index contributed by atoms with van der Waals surface area (Å²) in [6.45, 7) is 5.02. The molecule has 1 aliphatic heterocycles. The van der Waals surface area contributed by atoms with Gasteiger partial charge in [-0.05, 0) is 32.4 Å². The molecule has 0 bridgehead atoms. The second-order valence-electron chi connectivity index (χ2n) is 4.33. The highest BCUT2D eigenvalue weighted by Crippen LogP contribution is 2.23. The predicted octanol–water partition coefficient (Wildman–Crippen LogP) is 1.25. The van der Waals surface area contributed by atoms with Crippen LogP contribution in [-0.2, 0) is 23.2 Å². The van der Waals surface area contributed by atoms with Gasteiger partial charge in [-0.1, -0.05) is 0 Å². The summed E-state index contributed by atoms with van der Waals surface area (Å²) >= 11 is 0. The SMILES string of the molecule is CC1CCO[Si](C)(CCCOS(C)(=O)=O)O1. The molecular weight excluding hydrogens is 248 g/mol. The highest BCUT2D eigenvalue weighted by Gasteiger charge is 2.36. The molecule has 5 nitrogen and oxygen atoms in total. The average molecular weight is 268 g/mol. The highest BCUT2D eigenvalue weighted by atomic mass is 32.2. The standard InChI is InChI=1S/C9H20O5SSi/c1-9-5-7-13-16(3,14-9)8-4-6-12-15(2,10)11/h9H,4-8H2,1-3H3. The van der Waals surface area contributed by atoms with E-state index in [0.717, 1.165) is 25.3 Å². The van der Waals surface area contributed by atoms with Gasteiger partial charge in [-0.25, -0.2) is 0 Å². The van der Waals surface area contributed by atoms with Gasteiger partial charge in [0, 0.05) is 12.7 Å². The minimum absolute atomic E-state index is 0.211. The van der Waals surface area contributed by atoms with Crippen molar-refractivity contribution in [3.8, 4) is 0 Å². The molecule has 16 heavy (non-hydrogen) atoms. The van der Waals surface area contributed by atoms with Gasteiger partial charge in [0.25, 0.3) is 10.1 Å². The minimum atomic E-state index is -3.32. The zero-order valence-electron chi connectivity index (χ0n) is 10.1. The Morgan fingerprint density at radius 1 is 1.50 bits per heavy atom. The molecule has 0 amide bonds. The lowest BCUT2D eigenvalue weighted by atomic mass is 10.3. The lowest BCUT2D eigenvalue weighted by molar-refractivity contribution is 0.0594. The summed E-state index contributed by atoms with van der Waals surface area (Å²) in [5.41, 5.74) is 0. The normalized spacial score (nSPS) is 31.6. The maximum Gasteiger partial charge on any atom is 0.335 e. The van der Waals surface area contributed by atoms with Gasteiger partial charge in [0.1, 0.15) is 0 Å². The minimum Gasteiger partial charge on any atom is -0.394 e. The van der Waals surface area contributed by atoms with Crippen LogP contribution in [0.25, 0.3) is 0 Å². The first-order chi connectivity index (χ1) is 7.31. The Morgan fingerprint density at radius 3 is 2.75 bits per heavy atom. The topological polar surface area (TPSA) is 61.8 Å². The first kappa shape index (κ1) is 14.1. The fourth-order valence-corrected chi connectivity index (χ4v) is 4.75. The molecular formula is C9H20O5SSi. The van der Waals surface area contributed by atoms with Crippen LogP contribution in [0.5, 0.6) is 0 Å². The van der Waals surface area contributed by atoms with Gasteiger partial charge >= 0.3 is 8.56 Å². The summed E-state index contributed by atoms with van der Waals surface area (Å²) in [5.74, 6) is 0. The van der Waals surface area contributed by atoms with Gasteiger partial charge in [0.2, 0.25) is 0 Å². The van der Waals surface area contributed by atoms with E-state index in [9.17, 15) is 8.42 Å². The van der Waals surface area contributed by atoms with E-state index in [0.29, 0.717) is 6.42 Å². The molecule has 96 valence electrons. The molecule has 0 aliphatic carbocycles. The monoisotopic (exact) mass is 268 g/mol. The Morgan fingerprint density at radius 2 is 2.19 bits per heavy atom. The Kier molecular flexibility index (Phi) is 4.93. The predicted molar refractivity (Wildman–Crippen MR) is 63.0 cm³/mol. The van der Waals surface area contributed by atoms with Crippen LogP contribution in [0, 0.1) is 0 Å². The Balaban J connectivity index is 2.26. The number of hydrogen-bond donors (Lipinski definition) is 0. The van der Waals surface area contributed by atoms with Gasteiger partial charge < -0.3 is 8.85 Å². The summed E-state index contributed by atoms with van der Waals surface area (Å²) < 4.78 is 37.7. The summed E-state index contributed by atoms with van der Waals surface area (Å²) in [6.07, 6.45) is 2.90. The van der Waals surface area contributed by atoms with Crippen molar-refractivity contribution in [3.63, 3.8) is 0 Å². The highest BCUT2D eigenvalue weighted by molar-refractivity contribution is 7.85. The van der Waals surface area contributed by atoms with Crippen molar-refractivity contribution in [2.24, 2.45) is 0 Å². The molecule has 0 aromatic carbocycles. The van der Waals surface area contributed by atoms with Crippen molar-refractivity contribution < 1.29 is 21.5 Å². The lowest BCUT2D eigenvalue weighted by Crippen LogP contribution is -2.46. The Hall–Kier alpha value is 0.0469. The molecule has 0 aromatic heterocycles. The molecule has 0 aromatic rings. The van der Waals surface area contributed by atoms with Gasteiger partial charge in [0.15, 0.2) is 0 Å². The molecule has 0 N–H and O–H groups in total. The van der Waals surface area contributed by atoms with Crippen LogP contribution in [-0.4, -0.2) is 42.6 Å². The first-order valence-corrected chi connectivity index (χ1v) is 9.81. The lowest BCUT2D eigenvalue weighted by Gasteiger charge is -2.35. The van der Waals surface area contributed by atoms with E-state index in [-0.39, 0.29) is 12.7 Å². The zero-order chi connectivity index (χ0) is 12.2. The molecule has 1 aliphatic rings. The van der Waals surface area contributed by atoms with Crippen molar-refractivity contribution in [2.45, 2.75) is 38.5 Å². The fraction of sp³-hybridized carbons (Fsp3) is 1.00. The maximum absolute atomic E-state index is 10.7. The number of hydrogen-bond acceptors (Lipinski definition) is 5. The second kappa shape index (κ2) is 5.59. The van der Waals surface area contributed by atoms with E-state index in [1.165, 1.54) is 0 Å². The van der Waals surface area contributed by atoms with E-state index in [1.54, 1.807) is 0 Å². The third kappa shape index (κ3) is 5.40. The van der Waals surface area contributed by atoms with Crippen LogP contribution >= 0.6 is 0 Å². The summed E-state index contributed by atoms with van der Waals surface area (Å²) in [5, 5.41) is 0. The zero-order valence-corrected chi connectivity index (χ0v) is 11.9. The smallest absolute Gasteiger partial charge is 0.335 e. The van der Waals surface area contributed by atoms with E-state index < -0.39 is 18.7 Å². The van der Waals surface area contributed by atoms with Crippen LogP contribution in [0.15, 0.2) is 0 Å². The maximum atomic E-state index is 10.7. The number of rotatable bonds is 5. The summed E-state index contributed by atoms with van der Waals surface area (Å²) in [4.78, 5) is 0. The van der Waals surface area contributed by atoms with Crippen LogP contribution in [0.3, 0.4) is 0 Å². The van der Waals surface area contributed by atoms with Crippen molar-refractivity contribution in [3.05, 3.63) is 0 Å². The molecule has 1 saturated heterocycles. The quantitative estimate of drug-likeness (QED) is 0.426. The molecule has 1 fully saturated rings. The summed E-state index contributed by atoms with van der Waals surface area (Å²) in [7, 11) is -5.39. The molecule has 1 rings (SSSR count). The molecule has 0 spiro atoms. The Labute approximate surface area is 98.5 Å². The van der Waals surface area contributed by atoms with Crippen LogP contribution < -0.4 is 0 Å². The molecule has 0 radical (unpaired) electrons.